The molecule has 2 aromatic carbocycles. The summed E-state index contributed by atoms with van der Waals surface area (Å²) in [6, 6.07) is 9.83. The van der Waals surface area contributed by atoms with Gasteiger partial charge in [-0.2, -0.15) is 0 Å². The van der Waals surface area contributed by atoms with Crippen LogP contribution in [-0.4, -0.2) is 27.5 Å². The van der Waals surface area contributed by atoms with Gasteiger partial charge in [0.1, 0.15) is 11.4 Å². The molecule has 0 atom stereocenters. The molecule has 8 nitrogen and oxygen atoms in total. The Labute approximate surface area is 184 Å². The van der Waals surface area contributed by atoms with Gasteiger partial charge in [0.15, 0.2) is 18.2 Å². The molecule has 0 saturated heterocycles. The van der Waals surface area contributed by atoms with Gasteiger partial charge in [-0.15, -0.1) is 0 Å². The molecule has 1 aromatic heterocycles. The molecular formula is C21H16ClF2N3O5. The second-order valence-electron chi connectivity index (χ2n) is 6.72. The van der Waals surface area contributed by atoms with E-state index in [4.69, 9.17) is 22.1 Å². The zero-order valence-corrected chi connectivity index (χ0v) is 17.4. The number of carbonyl (C=O) groups excluding carboxylic acids is 2. The summed E-state index contributed by atoms with van der Waals surface area (Å²) >= 11 is 5.71. The number of nitrogen functional groups attached to an aromatic ring is 1. The van der Waals surface area contributed by atoms with Crippen LogP contribution < -0.4 is 17.0 Å². The van der Waals surface area contributed by atoms with Gasteiger partial charge in [-0.05, 0) is 17.7 Å². The van der Waals surface area contributed by atoms with Crippen molar-refractivity contribution >= 4 is 29.2 Å². The monoisotopic (exact) mass is 463 g/mol. The van der Waals surface area contributed by atoms with Crippen molar-refractivity contribution in [2.45, 2.75) is 6.54 Å². The van der Waals surface area contributed by atoms with Gasteiger partial charge in [0, 0.05) is 7.05 Å². The third kappa shape index (κ3) is 4.45. The molecule has 0 radical (unpaired) electrons. The van der Waals surface area contributed by atoms with Gasteiger partial charge in [0.25, 0.3) is 5.56 Å². The van der Waals surface area contributed by atoms with Gasteiger partial charge in [-0.25, -0.2) is 18.4 Å². The molecule has 3 rings (SSSR count). The Kier molecular flexibility index (Phi) is 6.54. The van der Waals surface area contributed by atoms with Gasteiger partial charge in [0.05, 0.1) is 17.1 Å². The number of nitrogens with zero attached hydrogens (tertiary/aromatic N) is 2. The van der Waals surface area contributed by atoms with Gasteiger partial charge >= 0.3 is 11.7 Å². The summed E-state index contributed by atoms with van der Waals surface area (Å²) in [7, 11) is 1.18. The molecular weight excluding hydrogens is 448 g/mol. The Morgan fingerprint density at radius 3 is 2.38 bits per heavy atom. The van der Waals surface area contributed by atoms with Crippen molar-refractivity contribution in [2.75, 3.05) is 12.3 Å². The number of nitrogens with two attached hydrogens (primary N) is 1. The predicted molar refractivity (Wildman–Crippen MR) is 112 cm³/mol. The summed E-state index contributed by atoms with van der Waals surface area (Å²) in [5.74, 6) is -5.19. The minimum absolute atomic E-state index is 0.00976. The van der Waals surface area contributed by atoms with Gasteiger partial charge in [-0.1, -0.05) is 41.9 Å². The number of hydrogen-bond acceptors (Lipinski definition) is 6. The standard InChI is InChI=1S/C21H16ClF2N3O5/c1-26-19(29)17(18(25)27(21(26)31)9-11-5-3-2-4-6-11)16(28)10-32-20(30)12-7-14(23)15(24)8-13(12)22/h2-8H,9-10,25H2,1H3. The SMILES string of the molecule is Cn1c(=O)c(C(=O)COC(=O)c2cc(F)c(F)cc2Cl)c(N)n(Cc2ccccc2)c1=O. The number of ketones is 1. The fourth-order valence-corrected chi connectivity index (χ4v) is 3.15. The number of anilines is 1. The lowest BCUT2D eigenvalue weighted by Crippen LogP contribution is -2.43. The maximum absolute atomic E-state index is 13.4. The molecule has 0 aliphatic rings. The lowest BCUT2D eigenvalue weighted by molar-refractivity contribution is 0.0473. The average Bonchev–Trinajstić information content (AvgIpc) is 2.77. The second kappa shape index (κ2) is 9.15. The van der Waals surface area contributed by atoms with E-state index in [0.717, 1.165) is 4.57 Å². The van der Waals surface area contributed by atoms with Crippen molar-refractivity contribution in [1.82, 2.24) is 9.13 Å². The first kappa shape index (κ1) is 22.9. The van der Waals surface area contributed by atoms with Crippen molar-refractivity contribution < 1.29 is 23.1 Å². The highest BCUT2D eigenvalue weighted by atomic mass is 35.5. The Morgan fingerprint density at radius 2 is 1.72 bits per heavy atom. The van der Waals surface area contributed by atoms with E-state index in [1.807, 2.05) is 0 Å². The van der Waals surface area contributed by atoms with E-state index in [2.05, 4.69) is 0 Å². The summed E-state index contributed by atoms with van der Waals surface area (Å²) < 4.78 is 33.1. The summed E-state index contributed by atoms with van der Waals surface area (Å²) in [4.78, 5) is 49.8. The van der Waals surface area contributed by atoms with Crippen molar-refractivity contribution in [1.29, 1.82) is 0 Å². The average molecular weight is 464 g/mol. The molecule has 3 aromatic rings. The van der Waals surface area contributed by atoms with Crippen molar-refractivity contribution in [3.05, 3.63) is 96.7 Å². The topological polar surface area (TPSA) is 113 Å². The minimum Gasteiger partial charge on any atom is -0.454 e. The van der Waals surface area contributed by atoms with Crippen LogP contribution in [0.3, 0.4) is 0 Å². The molecule has 0 saturated carbocycles. The number of Topliss-reactive ketones (excluding diaryl/α,β-unsaturated/α-hetero) is 1. The Hall–Kier alpha value is -3.79. The zero-order valence-electron chi connectivity index (χ0n) is 16.6. The zero-order chi connectivity index (χ0) is 23.6. The molecule has 0 amide bonds. The smallest absolute Gasteiger partial charge is 0.340 e. The molecule has 0 fully saturated rings. The predicted octanol–water partition coefficient (Wildman–Crippen LogP) is 2.15. The van der Waals surface area contributed by atoms with E-state index < -0.39 is 63.2 Å². The molecule has 0 aliphatic heterocycles. The molecule has 1 heterocycles. The Morgan fingerprint density at radius 1 is 1.09 bits per heavy atom. The molecule has 0 aliphatic carbocycles. The lowest BCUT2D eigenvalue weighted by Gasteiger charge is -2.15. The number of halogens is 3. The van der Waals surface area contributed by atoms with Gasteiger partial charge in [0.2, 0.25) is 5.78 Å². The minimum atomic E-state index is -1.33. The van der Waals surface area contributed by atoms with Crippen LogP contribution in [0.1, 0.15) is 26.3 Å². The van der Waals surface area contributed by atoms with E-state index in [1.165, 1.54) is 7.05 Å². The quantitative estimate of drug-likeness (QED) is 0.340. The maximum atomic E-state index is 13.4. The van der Waals surface area contributed by atoms with Crippen molar-refractivity contribution in [3.63, 3.8) is 0 Å². The first-order valence-electron chi connectivity index (χ1n) is 9.10. The van der Waals surface area contributed by atoms with Crippen molar-refractivity contribution in [3.8, 4) is 0 Å². The fraction of sp³-hybridized carbons (Fsp3) is 0.143. The van der Waals surface area contributed by atoms with Crippen LogP contribution >= 0.6 is 11.6 Å². The molecule has 0 unspecified atom stereocenters. The highest BCUT2D eigenvalue weighted by Crippen LogP contribution is 2.21. The van der Waals surface area contributed by atoms with Crippen LogP contribution in [0.5, 0.6) is 0 Å². The molecule has 0 bridgehead atoms. The Balaban J connectivity index is 1.90. The first-order chi connectivity index (χ1) is 15.1. The first-order valence-corrected chi connectivity index (χ1v) is 9.47. The molecule has 11 heteroatoms. The van der Waals surface area contributed by atoms with E-state index in [0.29, 0.717) is 22.3 Å². The van der Waals surface area contributed by atoms with Gasteiger partial charge in [-0.3, -0.25) is 18.7 Å². The van der Waals surface area contributed by atoms with E-state index >= 15 is 0 Å². The van der Waals surface area contributed by atoms with Crippen LogP contribution in [0.25, 0.3) is 0 Å². The number of benzene rings is 2. The van der Waals surface area contributed by atoms with E-state index in [-0.39, 0.29) is 6.54 Å². The molecule has 2 N–H and O–H groups in total. The Bertz CT molecular complexity index is 1340. The number of carbonyl (C=O) groups is 2. The number of ether oxygens (including phenoxy) is 1. The van der Waals surface area contributed by atoms with Crippen LogP contribution in [0, 0.1) is 11.6 Å². The maximum Gasteiger partial charge on any atom is 0.340 e. The number of rotatable bonds is 6. The summed E-state index contributed by atoms with van der Waals surface area (Å²) in [6.07, 6.45) is 0. The van der Waals surface area contributed by atoms with Crippen LogP contribution in [0.2, 0.25) is 5.02 Å². The van der Waals surface area contributed by atoms with Crippen LogP contribution in [0.15, 0.2) is 52.1 Å². The highest BCUT2D eigenvalue weighted by molar-refractivity contribution is 6.33. The number of hydrogen-bond donors (Lipinski definition) is 1. The second-order valence-corrected chi connectivity index (χ2v) is 7.13. The summed E-state index contributed by atoms with van der Waals surface area (Å²) in [5.41, 5.74) is 3.89. The third-order valence-corrected chi connectivity index (χ3v) is 4.92. The summed E-state index contributed by atoms with van der Waals surface area (Å²) in [5, 5.41) is -0.423. The fourth-order valence-electron chi connectivity index (χ4n) is 2.92. The van der Waals surface area contributed by atoms with Crippen LogP contribution in [0.4, 0.5) is 14.6 Å². The molecule has 0 spiro atoms. The molecule has 32 heavy (non-hydrogen) atoms. The van der Waals surface area contributed by atoms with Gasteiger partial charge < -0.3 is 10.5 Å². The van der Waals surface area contributed by atoms with E-state index in [9.17, 15) is 28.0 Å². The highest BCUT2D eigenvalue weighted by Gasteiger charge is 2.24. The third-order valence-electron chi connectivity index (χ3n) is 4.61. The van der Waals surface area contributed by atoms with Crippen molar-refractivity contribution in [2.24, 2.45) is 7.05 Å². The number of esters is 1. The number of aromatic nitrogens is 2. The van der Waals surface area contributed by atoms with Crippen LogP contribution in [-0.2, 0) is 18.3 Å². The largest absolute Gasteiger partial charge is 0.454 e. The molecule has 166 valence electrons. The lowest BCUT2D eigenvalue weighted by atomic mass is 10.1. The van der Waals surface area contributed by atoms with E-state index in [1.54, 1.807) is 30.3 Å². The normalized spacial score (nSPS) is 10.8. The summed E-state index contributed by atoms with van der Waals surface area (Å²) in [6.45, 7) is -0.957.